The number of nitrogens with one attached hydrogen (secondary N) is 3. The highest BCUT2D eigenvalue weighted by atomic mass is 127. The molecule has 1 saturated heterocycles. The number of halogens is 1. The molecule has 0 aromatic carbocycles. The largest absolute Gasteiger partial charge is 0.357 e. The normalized spacial score (nSPS) is 17.3. The van der Waals surface area contributed by atoms with Crippen molar-refractivity contribution in [1.29, 1.82) is 0 Å². The standard InChI is InChI=1S/C21H37N5OS.HI/c1-6-22-20(24-15-19(27)25-21(3,4)5)23-14-17(18-8-7-13-28-18)26-11-9-16(2)10-12-26;/h7-8,13,16-17H,6,9-12,14-15H2,1-5H3,(H,25,27)(H2,22,23,24);1H. The highest BCUT2D eigenvalue weighted by molar-refractivity contribution is 14.0. The lowest BCUT2D eigenvalue weighted by molar-refractivity contribution is -0.121. The first-order valence-corrected chi connectivity index (χ1v) is 11.3. The fourth-order valence-electron chi connectivity index (χ4n) is 3.37. The molecule has 2 rings (SSSR count). The van der Waals surface area contributed by atoms with Gasteiger partial charge in [-0.2, -0.15) is 0 Å². The molecule has 166 valence electrons. The van der Waals surface area contributed by atoms with Crippen LogP contribution < -0.4 is 16.0 Å². The van der Waals surface area contributed by atoms with Crippen LogP contribution in [0.25, 0.3) is 0 Å². The van der Waals surface area contributed by atoms with Crippen molar-refractivity contribution >= 4 is 47.2 Å². The molecule has 1 unspecified atom stereocenters. The van der Waals surface area contributed by atoms with Crippen LogP contribution in [0, 0.1) is 5.92 Å². The smallest absolute Gasteiger partial charge is 0.242 e. The third-order valence-electron chi connectivity index (χ3n) is 4.83. The van der Waals surface area contributed by atoms with E-state index in [9.17, 15) is 4.79 Å². The quantitative estimate of drug-likeness (QED) is 0.284. The predicted molar refractivity (Wildman–Crippen MR) is 134 cm³/mol. The van der Waals surface area contributed by atoms with E-state index in [2.05, 4.69) is 50.3 Å². The van der Waals surface area contributed by atoms with Crippen molar-refractivity contribution in [2.75, 3.05) is 32.7 Å². The molecule has 6 nitrogen and oxygen atoms in total. The summed E-state index contributed by atoms with van der Waals surface area (Å²) in [6.45, 7) is 14.2. The van der Waals surface area contributed by atoms with E-state index in [0.29, 0.717) is 12.0 Å². The highest BCUT2D eigenvalue weighted by Crippen LogP contribution is 2.29. The number of amides is 1. The summed E-state index contributed by atoms with van der Waals surface area (Å²) in [6, 6.07) is 4.67. The number of carbonyl (C=O) groups is 1. The number of carbonyl (C=O) groups excluding carboxylic acids is 1. The number of thiophene rings is 1. The lowest BCUT2D eigenvalue weighted by Crippen LogP contribution is -2.46. The molecule has 8 heteroatoms. The van der Waals surface area contributed by atoms with Gasteiger partial charge < -0.3 is 16.0 Å². The maximum Gasteiger partial charge on any atom is 0.242 e. The summed E-state index contributed by atoms with van der Waals surface area (Å²) in [6.07, 6.45) is 2.51. The van der Waals surface area contributed by atoms with Crippen molar-refractivity contribution in [2.45, 2.75) is 59.0 Å². The fourth-order valence-corrected chi connectivity index (χ4v) is 4.24. The van der Waals surface area contributed by atoms with Crippen LogP contribution in [0.4, 0.5) is 0 Å². The van der Waals surface area contributed by atoms with Crippen LogP contribution in [0.5, 0.6) is 0 Å². The van der Waals surface area contributed by atoms with Gasteiger partial charge >= 0.3 is 0 Å². The Balaban J connectivity index is 0.00000420. The first-order valence-electron chi connectivity index (χ1n) is 10.4. The number of rotatable bonds is 7. The third-order valence-corrected chi connectivity index (χ3v) is 5.81. The molecule has 29 heavy (non-hydrogen) atoms. The van der Waals surface area contributed by atoms with E-state index < -0.39 is 0 Å². The van der Waals surface area contributed by atoms with Crippen molar-refractivity contribution in [1.82, 2.24) is 20.9 Å². The number of hydrogen-bond acceptors (Lipinski definition) is 4. The minimum absolute atomic E-state index is 0. The number of aliphatic imine (C=N–C) groups is 1. The van der Waals surface area contributed by atoms with Gasteiger partial charge in [0.1, 0.15) is 6.54 Å². The van der Waals surface area contributed by atoms with Gasteiger partial charge in [-0.15, -0.1) is 35.3 Å². The zero-order valence-corrected chi connectivity index (χ0v) is 21.6. The monoisotopic (exact) mass is 535 g/mol. The van der Waals surface area contributed by atoms with Crippen molar-refractivity contribution in [3.05, 3.63) is 22.4 Å². The van der Waals surface area contributed by atoms with Gasteiger partial charge in [-0.05, 0) is 71.0 Å². The summed E-state index contributed by atoms with van der Waals surface area (Å²) >= 11 is 1.81. The highest BCUT2D eigenvalue weighted by Gasteiger charge is 2.25. The summed E-state index contributed by atoms with van der Waals surface area (Å²) in [4.78, 5) is 20.5. The molecule has 3 N–H and O–H groups in total. The maximum absolute atomic E-state index is 12.1. The van der Waals surface area contributed by atoms with Crippen LogP contribution in [-0.2, 0) is 4.79 Å². The second-order valence-corrected chi connectivity index (χ2v) is 9.60. The average Bonchev–Trinajstić information content (AvgIpc) is 3.14. The van der Waals surface area contributed by atoms with Crippen LogP contribution in [0.2, 0.25) is 0 Å². The molecule has 1 aromatic rings. The van der Waals surface area contributed by atoms with Crippen molar-refractivity contribution in [2.24, 2.45) is 10.9 Å². The van der Waals surface area contributed by atoms with Gasteiger partial charge in [0.15, 0.2) is 5.96 Å². The van der Waals surface area contributed by atoms with Crippen molar-refractivity contribution in [3.8, 4) is 0 Å². The van der Waals surface area contributed by atoms with Gasteiger partial charge in [0.05, 0.1) is 6.04 Å². The van der Waals surface area contributed by atoms with Crippen LogP contribution in [-0.4, -0.2) is 55.0 Å². The molecule has 0 saturated carbocycles. The minimum atomic E-state index is -0.242. The Kier molecular flexibility index (Phi) is 11.5. The van der Waals surface area contributed by atoms with Gasteiger partial charge in [-0.1, -0.05) is 13.0 Å². The number of guanidine groups is 1. The van der Waals surface area contributed by atoms with Crippen LogP contribution in [0.1, 0.15) is 58.4 Å². The third kappa shape index (κ3) is 9.65. The molecule has 0 bridgehead atoms. The molecule has 1 aliphatic rings. The Bertz CT molecular complexity index is 622. The Morgan fingerprint density at radius 3 is 2.55 bits per heavy atom. The molecule has 1 aromatic heterocycles. The van der Waals surface area contributed by atoms with Crippen molar-refractivity contribution < 1.29 is 4.79 Å². The summed E-state index contributed by atoms with van der Waals surface area (Å²) in [5.41, 5.74) is -0.242. The van der Waals surface area contributed by atoms with E-state index in [0.717, 1.165) is 32.1 Å². The van der Waals surface area contributed by atoms with E-state index in [1.165, 1.54) is 17.7 Å². The van der Waals surface area contributed by atoms with Gasteiger partial charge in [0.2, 0.25) is 5.91 Å². The number of nitrogens with zero attached hydrogens (tertiary/aromatic N) is 2. The Morgan fingerprint density at radius 1 is 1.31 bits per heavy atom. The molecule has 0 aliphatic carbocycles. The van der Waals surface area contributed by atoms with Gasteiger partial charge in [-0.25, -0.2) is 4.99 Å². The second kappa shape index (κ2) is 12.7. The van der Waals surface area contributed by atoms with E-state index in [1.807, 2.05) is 39.0 Å². The molecule has 1 aliphatic heterocycles. The maximum atomic E-state index is 12.1. The Hall–Kier alpha value is -0.870. The SMILES string of the molecule is CCNC(=NCC(=O)NC(C)(C)C)NCC(c1cccs1)N1CCC(C)CC1.I. The summed E-state index contributed by atoms with van der Waals surface area (Å²) in [7, 11) is 0. The average molecular weight is 536 g/mol. The van der Waals surface area contributed by atoms with Gasteiger partial charge in [-0.3, -0.25) is 9.69 Å². The van der Waals surface area contributed by atoms with Crippen LogP contribution >= 0.6 is 35.3 Å². The first kappa shape index (κ1) is 26.2. The lowest BCUT2D eigenvalue weighted by atomic mass is 9.97. The summed E-state index contributed by atoms with van der Waals surface area (Å²) < 4.78 is 0. The molecular formula is C21H38IN5OS. The lowest BCUT2D eigenvalue weighted by Gasteiger charge is -2.36. The fraction of sp³-hybridized carbons (Fsp3) is 0.714. The number of piperidine rings is 1. The molecular weight excluding hydrogens is 497 g/mol. The zero-order valence-electron chi connectivity index (χ0n) is 18.5. The molecule has 0 radical (unpaired) electrons. The zero-order chi connectivity index (χ0) is 20.6. The molecule has 1 atom stereocenters. The van der Waals surface area contributed by atoms with Gasteiger partial charge in [0, 0.05) is 23.5 Å². The molecule has 1 amide bonds. The van der Waals surface area contributed by atoms with E-state index in [-0.39, 0.29) is 42.0 Å². The Morgan fingerprint density at radius 2 is 2.00 bits per heavy atom. The van der Waals surface area contributed by atoms with E-state index >= 15 is 0 Å². The van der Waals surface area contributed by atoms with Crippen molar-refractivity contribution in [3.63, 3.8) is 0 Å². The van der Waals surface area contributed by atoms with E-state index in [4.69, 9.17) is 0 Å². The Labute approximate surface area is 197 Å². The van der Waals surface area contributed by atoms with E-state index in [1.54, 1.807) is 0 Å². The minimum Gasteiger partial charge on any atom is -0.357 e. The predicted octanol–water partition coefficient (Wildman–Crippen LogP) is 3.61. The second-order valence-electron chi connectivity index (χ2n) is 8.62. The topological polar surface area (TPSA) is 68.8 Å². The number of likely N-dealkylation sites (tertiary alicyclic amines) is 1. The summed E-state index contributed by atoms with van der Waals surface area (Å²) in [5.74, 6) is 1.44. The molecule has 0 spiro atoms. The first-order chi connectivity index (χ1) is 13.3. The molecule has 1 fully saturated rings. The summed E-state index contributed by atoms with van der Waals surface area (Å²) in [5, 5.41) is 11.8. The van der Waals surface area contributed by atoms with Crippen LogP contribution in [0.15, 0.2) is 22.5 Å². The number of hydrogen-bond donors (Lipinski definition) is 3. The van der Waals surface area contributed by atoms with Crippen LogP contribution in [0.3, 0.4) is 0 Å². The molecule has 2 heterocycles. The van der Waals surface area contributed by atoms with Gasteiger partial charge in [0.25, 0.3) is 0 Å².